The van der Waals surface area contributed by atoms with Crippen LogP contribution in [-0.2, 0) is 5.75 Å². The summed E-state index contributed by atoms with van der Waals surface area (Å²) in [6.07, 6.45) is 0. The van der Waals surface area contributed by atoms with E-state index in [0.717, 1.165) is 11.3 Å². The van der Waals surface area contributed by atoms with Gasteiger partial charge in [-0.25, -0.2) is 0 Å². The maximum atomic E-state index is 12.1. The first-order chi connectivity index (χ1) is 9.16. The first kappa shape index (κ1) is 14.0. The van der Waals surface area contributed by atoms with Crippen LogP contribution in [0.15, 0.2) is 54.6 Å². The molecular weight excluding hydrogens is 272 g/mol. The lowest BCUT2D eigenvalue weighted by Crippen LogP contribution is -2.08. The van der Waals surface area contributed by atoms with E-state index in [0.29, 0.717) is 9.76 Å². The van der Waals surface area contributed by atoms with E-state index in [9.17, 15) is 4.79 Å². The van der Waals surface area contributed by atoms with Crippen molar-refractivity contribution in [2.75, 3.05) is 0 Å². The van der Waals surface area contributed by atoms with Crippen molar-refractivity contribution < 1.29 is 4.79 Å². The van der Waals surface area contributed by atoms with Crippen molar-refractivity contribution >= 4 is 34.0 Å². The fourth-order valence-electron chi connectivity index (χ4n) is 1.61. The number of hydrogen-bond acceptors (Lipinski definition) is 3. The number of aryl methyl sites for hydroxylation is 1. The minimum absolute atomic E-state index is 0.0593. The van der Waals surface area contributed by atoms with Gasteiger partial charge in [-0.15, -0.1) is 11.8 Å². The maximum absolute atomic E-state index is 12.1. The molecule has 0 saturated carbocycles. The molecule has 0 aliphatic heterocycles. The molecule has 1 nitrogen and oxygen atoms in total. The highest BCUT2D eigenvalue weighted by Gasteiger charge is 2.12. The monoisotopic (exact) mass is 286 g/mol. The maximum Gasteiger partial charge on any atom is 0.210 e. The quantitative estimate of drug-likeness (QED) is 0.611. The first-order valence-electron chi connectivity index (χ1n) is 5.99. The SMILES string of the molecule is Cc1ccc(C(=O)C(=S)SCc2ccccc2)cc1. The highest BCUT2D eigenvalue weighted by molar-refractivity contribution is 8.24. The molecule has 0 unspecified atom stereocenters. The van der Waals surface area contributed by atoms with Crippen molar-refractivity contribution in [3.8, 4) is 0 Å². The molecule has 0 radical (unpaired) electrons. The molecule has 0 fully saturated rings. The average molecular weight is 286 g/mol. The summed E-state index contributed by atoms with van der Waals surface area (Å²) in [6.45, 7) is 2.00. The van der Waals surface area contributed by atoms with Gasteiger partial charge in [-0.05, 0) is 12.5 Å². The number of carbonyl (C=O) groups is 1. The average Bonchev–Trinajstić information content (AvgIpc) is 2.46. The molecule has 96 valence electrons. The van der Waals surface area contributed by atoms with E-state index in [4.69, 9.17) is 12.2 Å². The van der Waals surface area contributed by atoms with Crippen molar-refractivity contribution in [2.45, 2.75) is 12.7 Å². The van der Waals surface area contributed by atoms with Crippen LogP contribution in [0.3, 0.4) is 0 Å². The van der Waals surface area contributed by atoms with Gasteiger partial charge in [0.05, 0.1) is 0 Å². The lowest BCUT2D eigenvalue weighted by Gasteiger charge is -2.04. The number of rotatable bonds is 4. The molecule has 0 heterocycles. The second-order valence-corrected chi connectivity index (χ2v) is 5.91. The second kappa shape index (κ2) is 6.64. The van der Waals surface area contributed by atoms with Gasteiger partial charge in [0, 0.05) is 11.3 Å². The van der Waals surface area contributed by atoms with Crippen molar-refractivity contribution in [1.29, 1.82) is 0 Å². The highest BCUT2D eigenvalue weighted by Crippen LogP contribution is 2.17. The lowest BCUT2D eigenvalue weighted by atomic mass is 10.1. The van der Waals surface area contributed by atoms with Crippen LogP contribution in [0.1, 0.15) is 21.5 Å². The molecule has 0 N–H and O–H groups in total. The molecule has 0 aromatic heterocycles. The van der Waals surface area contributed by atoms with E-state index in [1.54, 1.807) is 0 Å². The number of Topliss-reactive ketones (excluding diaryl/α,β-unsaturated/α-hetero) is 1. The zero-order valence-electron chi connectivity index (χ0n) is 10.6. The Hall–Kier alpha value is -1.45. The van der Waals surface area contributed by atoms with Crippen LogP contribution in [0.25, 0.3) is 0 Å². The molecule has 2 aromatic carbocycles. The molecule has 3 heteroatoms. The minimum atomic E-state index is -0.0593. The minimum Gasteiger partial charge on any atom is -0.287 e. The fourth-order valence-corrected chi connectivity index (χ4v) is 2.65. The fraction of sp³-hybridized carbons (Fsp3) is 0.125. The van der Waals surface area contributed by atoms with Crippen molar-refractivity contribution in [1.82, 2.24) is 0 Å². The van der Waals surface area contributed by atoms with Crippen molar-refractivity contribution in [2.24, 2.45) is 0 Å². The van der Waals surface area contributed by atoms with Gasteiger partial charge in [0.2, 0.25) is 5.78 Å². The third kappa shape index (κ3) is 4.01. The second-order valence-electron chi connectivity index (χ2n) is 4.26. The Kier molecular flexibility index (Phi) is 4.88. The lowest BCUT2D eigenvalue weighted by molar-refractivity contribution is 0.107. The molecule has 0 spiro atoms. The predicted octanol–water partition coefficient (Wildman–Crippen LogP) is 4.44. The summed E-state index contributed by atoms with van der Waals surface area (Å²) in [4.78, 5) is 12.1. The Bertz CT molecular complexity index is 573. The first-order valence-corrected chi connectivity index (χ1v) is 7.38. The smallest absolute Gasteiger partial charge is 0.210 e. The standard InChI is InChI=1S/C16H14OS2/c1-12-7-9-14(10-8-12)15(17)16(18)19-11-13-5-3-2-4-6-13/h2-10H,11H2,1H3. The normalized spacial score (nSPS) is 10.2. The summed E-state index contributed by atoms with van der Waals surface area (Å²) in [5.41, 5.74) is 2.97. The van der Waals surface area contributed by atoms with Crippen LogP contribution in [0.2, 0.25) is 0 Å². The highest BCUT2D eigenvalue weighted by atomic mass is 32.2. The molecule has 0 aliphatic rings. The van der Waals surface area contributed by atoms with E-state index in [-0.39, 0.29) is 5.78 Å². The van der Waals surface area contributed by atoms with Gasteiger partial charge in [-0.2, -0.15) is 0 Å². The summed E-state index contributed by atoms with van der Waals surface area (Å²) in [6, 6.07) is 17.5. The zero-order valence-corrected chi connectivity index (χ0v) is 12.3. The molecule has 2 aromatic rings. The van der Waals surface area contributed by atoms with Crippen LogP contribution in [0.4, 0.5) is 0 Å². The molecule has 0 aliphatic carbocycles. The van der Waals surface area contributed by atoms with Crippen LogP contribution in [-0.4, -0.2) is 9.98 Å². The Labute approximate surface area is 123 Å². The molecule has 0 saturated heterocycles. The zero-order chi connectivity index (χ0) is 13.7. The Morgan fingerprint density at radius 1 is 1.05 bits per heavy atom. The van der Waals surface area contributed by atoms with Crippen LogP contribution >= 0.6 is 24.0 Å². The van der Waals surface area contributed by atoms with Crippen LogP contribution in [0.5, 0.6) is 0 Å². The van der Waals surface area contributed by atoms with Gasteiger partial charge < -0.3 is 0 Å². The predicted molar refractivity (Wildman–Crippen MR) is 85.8 cm³/mol. The summed E-state index contributed by atoms with van der Waals surface area (Å²) < 4.78 is 0.424. The summed E-state index contributed by atoms with van der Waals surface area (Å²) >= 11 is 6.62. The Morgan fingerprint density at radius 2 is 1.68 bits per heavy atom. The van der Waals surface area contributed by atoms with Crippen molar-refractivity contribution in [3.63, 3.8) is 0 Å². The molecular formula is C16H14OS2. The van der Waals surface area contributed by atoms with Gasteiger partial charge in [-0.3, -0.25) is 4.79 Å². The van der Waals surface area contributed by atoms with E-state index < -0.39 is 0 Å². The number of carbonyl (C=O) groups excluding carboxylic acids is 1. The molecule has 0 atom stereocenters. The van der Waals surface area contributed by atoms with E-state index in [2.05, 4.69) is 0 Å². The Morgan fingerprint density at radius 3 is 2.32 bits per heavy atom. The van der Waals surface area contributed by atoms with E-state index >= 15 is 0 Å². The number of benzene rings is 2. The topological polar surface area (TPSA) is 17.1 Å². The summed E-state index contributed by atoms with van der Waals surface area (Å²) in [7, 11) is 0. The van der Waals surface area contributed by atoms with Crippen LogP contribution < -0.4 is 0 Å². The summed E-state index contributed by atoms with van der Waals surface area (Å²) in [5.74, 6) is 0.674. The molecule has 0 bridgehead atoms. The van der Waals surface area contributed by atoms with Gasteiger partial charge in [-0.1, -0.05) is 72.4 Å². The molecule has 19 heavy (non-hydrogen) atoms. The third-order valence-electron chi connectivity index (χ3n) is 2.71. The number of ketones is 1. The number of hydrogen-bond donors (Lipinski definition) is 0. The van der Waals surface area contributed by atoms with Crippen molar-refractivity contribution in [3.05, 3.63) is 71.3 Å². The number of thioether (sulfide) groups is 1. The summed E-state index contributed by atoms with van der Waals surface area (Å²) in [5, 5.41) is 0. The molecule has 2 rings (SSSR count). The van der Waals surface area contributed by atoms with E-state index in [1.807, 2.05) is 61.5 Å². The third-order valence-corrected chi connectivity index (χ3v) is 4.18. The Balaban J connectivity index is 1.96. The van der Waals surface area contributed by atoms with Gasteiger partial charge >= 0.3 is 0 Å². The van der Waals surface area contributed by atoms with E-state index in [1.165, 1.54) is 17.3 Å². The molecule has 0 amide bonds. The van der Waals surface area contributed by atoms with Gasteiger partial charge in [0.1, 0.15) is 4.20 Å². The largest absolute Gasteiger partial charge is 0.287 e. The van der Waals surface area contributed by atoms with Gasteiger partial charge in [0.25, 0.3) is 0 Å². The van der Waals surface area contributed by atoms with Crippen LogP contribution in [0, 0.1) is 6.92 Å². The number of thiocarbonyl (C=S) groups is 1. The van der Waals surface area contributed by atoms with Gasteiger partial charge in [0.15, 0.2) is 0 Å².